The van der Waals surface area contributed by atoms with Gasteiger partial charge in [-0.05, 0) is 17.7 Å². The zero-order chi connectivity index (χ0) is 11.7. The molecule has 0 unspecified atom stereocenters. The number of carboxylic acids is 1. The van der Waals surface area contributed by atoms with Gasteiger partial charge in [0, 0.05) is 19.2 Å². The van der Waals surface area contributed by atoms with Gasteiger partial charge in [0.15, 0.2) is 6.61 Å². The van der Waals surface area contributed by atoms with Gasteiger partial charge in [-0.1, -0.05) is 6.07 Å². The molecule has 0 radical (unpaired) electrons. The molecule has 5 heteroatoms. The van der Waals surface area contributed by atoms with Gasteiger partial charge in [0.1, 0.15) is 5.75 Å². The van der Waals surface area contributed by atoms with E-state index in [-0.39, 0.29) is 5.91 Å². The highest BCUT2D eigenvalue weighted by molar-refractivity contribution is 5.98. The molecule has 1 heterocycles. The summed E-state index contributed by atoms with van der Waals surface area (Å²) in [5.74, 6) is -0.690. The molecule has 0 aliphatic carbocycles. The average molecular weight is 221 g/mol. The quantitative estimate of drug-likeness (QED) is 0.817. The molecule has 0 spiro atoms. The zero-order valence-corrected chi connectivity index (χ0v) is 8.77. The van der Waals surface area contributed by atoms with Crippen molar-refractivity contribution < 1.29 is 19.4 Å². The zero-order valence-electron chi connectivity index (χ0n) is 8.77. The highest BCUT2D eigenvalue weighted by Gasteiger charge is 2.24. The van der Waals surface area contributed by atoms with Crippen LogP contribution in [0, 0.1) is 0 Å². The molecule has 16 heavy (non-hydrogen) atoms. The molecule has 0 aromatic heterocycles. The van der Waals surface area contributed by atoms with Gasteiger partial charge < -0.3 is 14.7 Å². The summed E-state index contributed by atoms with van der Waals surface area (Å²) in [5, 5.41) is 8.46. The van der Waals surface area contributed by atoms with Crippen molar-refractivity contribution in [2.24, 2.45) is 0 Å². The number of hydrogen-bond donors (Lipinski definition) is 1. The summed E-state index contributed by atoms with van der Waals surface area (Å²) < 4.78 is 5.01. The van der Waals surface area contributed by atoms with Crippen LogP contribution in [0.3, 0.4) is 0 Å². The summed E-state index contributed by atoms with van der Waals surface area (Å²) in [7, 11) is 1.72. The molecule has 1 aromatic carbocycles. The first-order chi connectivity index (χ1) is 7.58. The Morgan fingerprint density at radius 2 is 2.31 bits per heavy atom. The van der Waals surface area contributed by atoms with E-state index in [2.05, 4.69) is 0 Å². The smallest absolute Gasteiger partial charge is 0.341 e. The number of nitrogens with zero attached hydrogens (tertiary/aromatic N) is 1. The summed E-state index contributed by atoms with van der Waals surface area (Å²) in [5.41, 5.74) is 1.53. The third-order valence-electron chi connectivity index (χ3n) is 2.43. The first kappa shape index (κ1) is 10.5. The lowest BCUT2D eigenvalue weighted by Gasteiger charge is -2.05. The van der Waals surface area contributed by atoms with Crippen molar-refractivity contribution in [1.82, 2.24) is 4.90 Å². The molecule has 0 fully saturated rings. The van der Waals surface area contributed by atoms with Crippen molar-refractivity contribution in [3.63, 3.8) is 0 Å². The molecule has 1 amide bonds. The van der Waals surface area contributed by atoms with Gasteiger partial charge >= 0.3 is 5.97 Å². The molecule has 0 saturated carbocycles. The van der Waals surface area contributed by atoms with Crippen molar-refractivity contribution in [3.8, 4) is 5.75 Å². The second-order valence-corrected chi connectivity index (χ2v) is 3.66. The lowest BCUT2D eigenvalue weighted by atomic mass is 10.1. The van der Waals surface area contributed by atoms with Crippen LogP contribution in [0.2, 0.25) is 0 Å². The monoisotopic (exact) mass is 221 g/mol. The summed E-state index contributed by atoms with van der Waals surface area (Å²) >= 11 is 0. The van der Waals surface area contributed by atoms with E-state index in [0.717, 1.165) is 5.56 Å². The Labute approximate surface area is 92.2 Å². The summed E-state index contributed by atoms with van der Waals surface area (Å²) in [6.45, 7) is 0.191. The maximum atomic E-state index is 11.6. The number of carbonyl (C=O) groups excluding carboxylic acids is 1. The van der Waals surface area contributed by atoms with Crippen LogP contribution in [-0.2, 0) is 11.3 Å². The standard InChI is InChI=1S/C11H11NO4/c1-12-5-7-2-3-8(16-6-10(13)14)4-9(7)11(12)15/h2-4H,5-6H2,1H3,(H,13,14). The van der Waals surface area contributed by atoms with Gasteiger partial charge in [0.25, 0.3) is 5.91 Å². The summed E-state index contributed by atoms with van der Waals surface area (Å²) in [4.78, 5) is 23.6. The van der Waals surface area contributed by atoms with Crippen LogP contribution < -0.4 is 4.74 Å². The molecule has 5 nitrogen and oxygen atoms in total. The van der Waals surface area contributed by atoms with Crippen LogP contribution in [-0.4, -0.2) is 35.5 Å². The predicted octanol–water partition coefficient (Wildman–Crippen LogP) is 0.736. The average Bonchev–Trinajstić information content (AvgIpc) is 2.52. The minimum Gasteiger partial charge on any atom is -0.482 e. The van der Waals surface area contributed by atoms with Crippen molar-refractivity contribution >= 4 is 11.9 Å². The fourth-order valence-electron chi connectivity index (χ4n) is 1.66. The molecule has 1 N–H and O–H groups in total. The predicted molar refractivity (Wildman–Crippen MR) is 55.4 cm³/mol. The number of hydrogen-bond acceptors (Lipinski definition) is 3. The van der Waals surface area contributed by atoms with E-state index in [1.165, 1.54) is 0 Å². The topological polar surface area (TPSA) is 66.8 Å². The molecule has 1 aliphatic heterocycles. The lowest BCUT2D eigenvalue weighted by Crippen LogP contribution is -2.17. The Morgan fingerprint density at radius 1 is 1.56 bits per heavy atom. The van der Waals surface area contributed by atoms with Crippen LogP contribution in [0.25, 0.3) is 0 Å². The van der Waals surface area contributed by atoms with Gasteiger partial charge in [-0.2, -0.15) is 0 Å². The first-order valence-electron chi connectivity index (χ1n) is 4.81. The molecular formula is C11H11NO4. The molecule has 0 atom stereocenters. The van der Waals surface area contributed by atoms with Crippen LogP contribution >= 0.6 is 0 Å². The van der Waals surface area contributed by atoms with E-state index >= 15 is 0 Å². The van der Waals surface area contributed by atoms with Crippen LogP contribution in [0.15, 0.2) is 18.2 Å². The fraction of sp³-hybridized carbons (Fsp3) is 0.273. The minimum absolute atomic E-state index is 0.0595. The van der Waals surface area contributed by atoms with Crippen molar-refractivity contribution in [2.45, 2.75) is 6.54 Å². The number of carbonyl (C=O) groups is 2. The minimum atomic E-state index is -1.04. The Bertz CT molecular complexity index is 455. The van der Waals surface area contributed by atoms with E-state index in [4.69, 9.17) is 9.84 Å². The number of carboxylic acid groups (broad SMARTS) is 1. The van der Waals surface area contributed by atoms with E-state index in [1.54, 1.807) is 30.1 Å². The number of amides is 1. The summed E-state index contributed by atoms with van der Waals surface area (Å²) in [6.07, 6.45) is 0. The Hall–Kier alpha value is -2.04. The second-order valence-electron chi connectivity index (χ2n) is 3.66. The number of aliphatic carboxylic acids is 1. The maximum Gasteiger partial charge on any atom is 0.341 e. The van der Waals surface area contributed by atoms with Gasteiger partial charge in [-0.3, -0.25) is 4.79 Å². The molecule has 2 rings (SSSR count). The Morgan fingerprint density at radius 3 is 3.00 bits per heavy atom. The Balaban J connectivity index is 2.20. The fourth-order valence-corrected chi connectivity index (χ4v) is 1.66. The van der Waals surface area contributed by atoms with E-state index in [0.29, 0.717) is 17.9 Å². The second kappa shape index (κ2) is 3.84. The van der Waals surface area contributed by atoms with Crippen molar-refractivity contribution in [1.29, 1.82) is 0 Å². The highest BCUT2D eigenvalue weighted by atomic mass is 16.5. The van der Waals surface area contributed by atoms with Gasteiger partial charge in [-0.15, -0.1) is 0 Å². The van der Waals surface area contributed by atoms with Crippen LogP contribution in [0.1, 0.15) is 15.9 Å². The summed E-state index contributed by atoms with van der Waals surface area (Å²) in [6, 6.07) is 5.05. The molecule has 1 aromatic rings. The maximum absolute atomic E-state index is 11.6. The SMILES string of the molecule is CN1Cc2ccc(OCC(=O)O)cc2C1=O. The van der Waals surface area contributed by atoms with Gasteiger partial charge in [0.2, 0.25) is 0 Å². The molecule has 1 aliphatic rings. The normalized spacial score (nSPS) is 13.8. The molecule has 0 saturated heterocycles. The number of benzene rings is 1. The van der Waals surface area contributed by atoms with Gasteiger partial charge in [-0.25, -0.2) is 4.79 Å². The molecule has 84 valence electrons. The van der Waals surface area contributed by atoms with E-state index in [1.807, 2.05) is 0 Å². The molecule has 0 bridgehead atoms. The van der Waals surface area contributed by atoms with Crippen molar-refractivity contribution in [2.75, 3.05) is 13.7 Å². The number of fused-ring (bicyclic) bond motifs is 1. The van der Waals surface area contributed by atoms with Crippen LogP contribution in [0.5, 0.6) is 5.75 Å². The van der Waals surface area contributed by atoms with Crippen LogP contribution in [0.4, 0.5) is 0 Å². The highest BCUT2D eigenvalue weighted by Crippen LogP contribution is 2.25. The number of ether oxygens (including phenoxy) is 1. The lowest BCUT2D eigenvalue weighted by molar-refractivity contribution is -0.139. The number of rotatable bonds is 3. The largest absolute Gasteiger partial charge is 0.482 e. The van der Waals surface area contributed by atoms with E-state index in [9.17, 15) is 9.59 Å². The first-order valence-corrected chi connectivity index (χ1v) is 4.81. The van der Waals surface area contributed by atoms with Gasteiger partial charge in [0.05, 0.1) is 0 Å². The molecular weight excluding hydrogens is 210 g/mol. The van der Waals surface area contributed by atoms with Crippen molar-refractivity contribution in [3.05, 3.63) is 29.3 Å². The Kier molecular flexibility index (Phi) is 2.52. The third-order valence-corrected chi connectivity index (χ3v) is 2.43. The van der Waals surface area contributed by atoms with E-state index < -0.39 is 12.6 Å². The third kappa shape index (κ3) is 1.84.